The molecule has 1 amide bonds. The van der Waals surface area contributed by atoms with Gasteiger partial charge in [-0.05, 0) is 24.6 Å². The van der Waals surface area contributed by atoms with Gasteiger partial charge < -0.3 is 15.5 Å². The minimum atomic E-state index is -0.561. The molecule has 2 saturated heterocycles. The molecule has 2 N–H and O–H groups in total. The maximum Gasteiger partial charge on any atom is 0.253 e. The quantitative estimate of drug-likeness (QED) is 0.833. The van der Waals surface area contributed by atoms with Gasteiger partial charge in [-0.15, -0.1) is 11.3 Å². The van der Waals surface area contributed by atoms with Gasteiger partial charge in [-0.1, -0.05) is 6.58 Å². The van der Waals surface area contributed by atoms with Crippen LogP contribution in [0.4, 0.5) is 5.69 Å². The van der Waals surface area contributed by atoms with Crippen molar-refractivity contribution in [3.63, 3.8) is 0 Å². The second-order valence-corrected chi connectivity index (χ2v) is 6.10. The Morgan fingerprint density at radius 1 is 1.55 bits per heavy atom. The van der Waals surface area contributed by atoms with Crippen LogP contribution in [0.5, 0.6) is 0 Å². The fourth-order valence-corrected chi connectivity index (χ4v) is 3.54. The van der Waals surface area contributed by atoms with Crippen LogP contribution in [0.15, 0.2) is 36.1 Å². The number of aromatic nitrogens is 1. The number of carbonyl (C=O) groups excluding carboxylic acids is 1. The molecule has 1 spiro atoms. The predicted molar refractivity (Wildman–Crippen MR) is 79.6 cm³/mol. The number of thiazole rings is 1. The number of rotatable bonds is 1. The zero-order valence-corrected chi connectivity index (χ0v) is 11.6. The summed E-state index contributed by atoms with van der Waals surface area (Å²) in [5, 5.41) is 5.93. The normalized spacial score (nSPS) is 26.2. The molecular formula is C14H14N4OS. The fourth-order valence-electron chi connectivity index (χ4n) is 2.95. The van der Waals surface area contributed by atoms with E-state index in [2.05, 4.69) is 27.1 Å². The Morgan fingerprint density at radius 3 is 3.25 bits per heavy atom. The van der Waals surface area contributed by atoms with Crippen molar-refractivity contribution in [1.82, 2.24) is 15.6 Å². The van der Waals surface area contributed by atoms with Crippen molar-refractivity contribution in [1.29, 1.82) is 0 Å². The van der Waals surface area contributed by atoms with Crippen molar-refractivity contribution in [2.24, 2.45) is 0 Å². The predicted octanol–water partition coefficient (Wildman–Crippen LogP) is 1.44. The molecule has 5 nitrogen and oxygen atoms in total. The van der Waals surface area contributed by atoms with E-state index in [1.165, 1.54) is 11.3 Å². The van der Waals surface area contributed by atoms with Crippen LogP contribution in [0, 0.1) is 0 Å². The van der Waals surface area contributed by atoms with Crippen LogP contribution in [-0.4, -0.2) is 29.5 Å². The molecule has 2 aromatic rings. The number of anilines is 1. The van der Waals surface area contributed by atoms with Gasteiger partial charge in [0.05, 0.1) is 29.4 Å². The lowest BCUT2D eigenvalue weighted by molar-refractivity contribution is -0.123. The summed E-state index contributed by atoms with van der Waals surface area (Å²) in [7, 11) is 0. The average molecular weight is 288 g/mol. The first kappa shape index (κ1) is 10.7. The number of nitrogens with one attached hydrogen (secondary N) is 2. The van der Waals surface area contributed by atoms with Crippen LogP contribution in [0.25, 0.3) is 10.2 Å². The van der Waals surface area contributed by atoms with E-state index in [1.54, 1.807) is 0 Å². The summed E-state index contributed by atoms with van der Waals surface area (Å²) in [4.78, 5) is 18.5. The zero-order valence-electron chi connectivity index (χ0n) is 11.8. The maximum atomic E-state index is 12.1. The minimum Gasteiger partial charge on any atom is -0.368 e. The number of carbonyl (C=O) groups is 1. The lowest BCUT2D eigenvalue weighted by Crippen LogP contribution is -2.48. The molecule has 102 valence electrons. The minimum absolute atomic E-state index is 0.00168. The molecule has 1 atom stereocenters. The van der Waals surface area contributed by atoms with Crippen molar-refractivity contribution in [2.75, 3.05) is 18.0 Å². The van der Waals surface area contributed by atoms with Crippen LogP contribution in [-0.2, 0) is 4.79 Å². The Balaban J connectivity index is 1.64. The van der Waals surface area contributed by atoms with Crippen LogP contribution in [0.2, 0.25) is 0 Å². The molecule has 1 aromatic carbocycles. The third kappa shape index (κ3) is 1.61. The van der Waals surface area contributed by atoms with Gasteiger partial charge in [-0.3, -0.25) is 4.79 Å². The molecule has 2 aliphatic heterocycles. The van der Waals surface area contributed by atoms with E-state index >= 15 is 0 Å². The Labute approximate surface area is 121 Å². The summed E-state index contributed by atoms with van der Waals surface area (Å²) in [6.07, 6.45) is 0.747. The molecule has 1 aromatic heterocycles. The second-order valence-electron chi connectivity index (χ2n) is 5.27. The van der Waals surface area contributed by atoms with Crippen molar-refractivity contribution in [2.45, 2.75) is 12.0 Å². The number of nitrogens with zero attached hydrogens (tertiary/aromatic N) is 2. The van der Waals surface area contributed by atoms with Gasteiger partial charge in [-0.25, -0.2) is 4.98 Å². The SMILES string of the molecule is [3H]c1nc2cc(N3CCC4(C3)NC(=C)NC4=O)ccc2s1. The van der Waals surface area contributed by atoms with Crippen molar-refractivity contribution in [3.8, 4) is 0 Å². The number of amides is 1. The summed E-state index contributed by atoms with van der Waals surface area (Å²) in [5.74, 6) is 0.578. The molecule has 4 rings (SSSR count). The first-order valence-electron chi connectivity index (χ1n) is 6.96. The molecule has 6 heteroatoms. The van der Waals surface area contributed by atoms with Crippen molar-refractivity contribution >= 4 is 33.1 Å². The van der Waals surface area contributed by atoms with Gasteiger partial charge >= 0.3 is 0 Å². The highest BCUT2D eigenvalue weighted by atomic mass is 32.1. The molecule has 0 aliphatic carbocycles. The molecule has 2 fully saturated rings. The van der Waals surface area contributed by atoms with E-state index in [0.717, 1.165) is 28.9 Å². The van der Waals surface area contributed by atoms with E-state index in [1.807, 2.05) is 18.2 Å². The summed E-state index contributed by atoms with van der Waals surface area (Å²) < 4.78 is 8.62. The van der Waals surface area contributed by atoms with Crippen molar-refractivity contribution in [3.05, 3.63) is 36.1 Å². The van der Waals surface area contributed by atoms with E-state index in [-0.39, 0.29) is 5.91 Å². The van der Waals surface area contributed by atoms with Gasteiger partial charge in [0.2, 0.25) is 0 Å². The first-order valence-corrected chi connectivity index (χ1v) is 7.28. The maximum absolute atomic E-state index is 12.1. The van der Waals surface area contributed by atoms with Gasteiger partial charge in [0.1, 0.15) is 5.54 Å². The highest BCUT2D eigenvalue weighted by Crippen LogP contribution is 2.32. The van der Waals surface area contributed by atoms with E-state index in [4.69, 9.17) is 1.37 Å². The van der Waals surface area contributed by atoms with Gasteiger partial charge in [-0.2, -0.15) is 0 Å². The average Bonchev–Trinajstić information content (AvgIpc) is 3.07. The Morgan fingerprint density at radius 2 is 2.45 bits per heavy atom. The smallest absolute Gasteiger partial charge is 0.253 e. The molecule has 2 aliphatic rings. The van der Waals surface area contributed by atoms with E-state index in [9.17, 15) is 4.79 Å². The topological polar surface area (TPSA) is 57.3 Å². The molecule has 0 bridgehead atoms. The van der Waals surface area contributed by atoms with Crippen LogP contribution in [0.1, 0.15) is 7.79 Å². The Kier molecular flexibility index (Phi) is 2.11. The van der Waals surface area contributed by atoms with Gasteiger partial charge in [0.15, 0.2) is 0 Å². The largest absolute Gasteiger partial charge is 0.368 e. The lowest BCUT2D eigenvalue weighted by atomic mass is 9.99. The standard InChI is InChI=1S/C14H14N4OS/c1-9-16-13(19)14(17-9)4-5-18(7-14)10-2-3-12-11(6-10)15-8-20-12/h2-3,6,8,17H,1,4-5,7H2,(H,16,19)/i8T. The second kappa shape index (κ2) is 3.96. The van der Waals surface area contributed by atoms with Crippen LogP contribution < -0.4 is 15.5 Å². The molecule has 1 unspecified atom stereocenters. The zero-order chi connectivity index (χ0) is 14.6. The molecule has 0 saturated carbocycles. The van der Waals surface area contributed by atoms with Crippen LogP contribution >= 0.6 is 11.3 Å². The van der Waals surface area contributed by atoms with Crippen LogP contribution in [0.3, 0.4) is 0 Å². The summed E-state index contributed by atoms with van der Waals surface area (Å²) in [6.45, 7) is 5.19. The number of hydrogen-bond donors (Lipinski definition) is 2. The number of fused-ring (bicyclic) bond motifs is 1. The number of benzene rings is 1. The lowest BCUT2D eigenvalue weighted by Gasteiger charge is -2.23. The summed E-state index contributed by atoms with van der Waals surface area (Å²) in [6, 6.07) is 6.01. The third-order valence-corrected chi connectivity index (χ3v) is 4.74. The summed E-state index contributed by atoms with van der Waals surface area (Å²) in [5.41, 5.74) is 1.65. The highest BCUT2D eigenvalue weighted by molar-refractivity contribution is 7.16. The molecule has 20 heavy (non-hydrogen) atoms. The number of hydrogen-bond acceptors (Lipinski definition) is 5. The molecule has 3 heterocycles. The van der Waals surface area contributed by atoms with E-state index < -0.39 is 5.54 Å². The first-order chi connectivity index (χ1) is 10.1. The Hall–Kier alpha value is -2.08. The summed E-state index contributed by atoms with van der Waals surface area (Å²) >= 11 is 1.37. The van der Waals surface area contributed by atoms with Gasteiger partial charge in [0.25, 0.3) is 5.91 Å². The Bertz CT molecular complexity index is 773. The third-order valence-electron chi connectivity index (χ3n) is 3.99. The van der Waals surface area contributed by atoms with Crippen molar-refractivity contribution < 1.29 is 6.17 Å². The monoisotopic (exact) mass is 288 g/mol. The fraction of sp³-hybridized carbons (Fsp3) is 0.286. The van der Waals surface area contributed by atoms with Gasteiger partial charge in [0, 0.05) is 12.2 Å². The van der Waals surface area contributed by atoms with E-state index in [0.29, 0.717) is 17.9 Å². The molecule has 0 radical (unpaired) electrons. The highest BCUT2D eigenvalue weighted by Gasteiger charge is 2.48. The molecular weight excluding hydrogens is 272 g/mol.